The number of fused-ring (bicyclic) bond motifs is 1. The van der Waals surface area contributed by atoms with Gasteiger partial charge in [0.25, 0.3) is 5.91 Å². The summed E-state index contributed by atoms with van der Waals surface area (Å²) in [4.78, 5) is 11.9. The van der Waals surface area contributed by atoms with Crippen LogP contribution in [0, 0.1) is 11.6 Å². The Morgan fingerprint density at radius 2 is 1.92 bits per heavy atom. The summed E-state index contributed by atoms with van der Waals surface area (Å²) in [7, 11) is 0. The normalized spacial score (nSPS) is 12.8. The quantitative estimate of drug-likeness (QED) is 0.917. The molecule has 3 rings (SSSR count). The predicted octanol–water partition coefficient (Wildman–Crippen LogP) is 3.36. The molecule has 0 fully saturated rings. The minimum Gasteiger partial charge on any atom is -0.486 e. The molecule has 0 spiro atoms. The van der Waals surface area contributed by atoms with Gasteiger partial charge in [-0.1, -0.05) is 11.6 Å². The summed E-state index contributed by atoms with van der Waals surface area (Å²) in [5, 5.41) is 3.10. The third kappa shape index (κ3) is 3.59. The van der Waals surface area contributed by atoms with E-state index < -0.39 is 17.5 Å². The van der Waals surface area contributed by atoms with Gasteiger partial charge in [-0.3, -0.25) is 4.79 Å². The summed E-state index contributed by atoms with van der Waals surface area (Å²) in [5.41, 5.74) is 0.934. The van der Waals surface area contributed by atoms with Gasteiger partial charge in [-0.25, -0.2) is 8.78 Å². The number of rotatable bonds is 4. The Morgan fingerprint density at radius 3 is 2.71 bits per heavy atom. The van der Waals surface area contributed by atoms with Gasteiger partial charge in [-0.05, 0) is 42.3 Å². The first-order valence-corrected chi connectivity index (χ1v) is 7.73. The average Bonchev–Trinajstić information content (AvgIpc) is 2.57. The Balaban J connectivity index is 1.61. The van der Waals surface area contributed by atoms with E-state index in [9.17, 15) is 13.6 Å². The molecule has 0 unspecified atom stereocenters. The minimum absolute atomic E-state index is 0.0640. The van der Waals surface area contributed by atoms with Gasteiger partial charge in [0.05, 0.1) is 5.02 Å². The van der Waals surface area contributed by atoms with E-state index in [1.807, 2.05) is 6.07 Å². The second kappa shape index (κ2) is 7.05. The van der Waals surface area contributed by atoms with Crippen molar-refractivity contribution in [3.8, 4) is 11.5 Å². The molecule has 4 nitrogen and oxygen atoms in total. The van der Waals surface area contributed by atoms with E-state index in [0.29, 0.717) is 42.7 Å². The molecule has 0 saturated carbocycles. The Bertz CT molecular complexity index is 783. The summed E-state index contributed by atoms with van der Waals surface area (Å²) in [5.74, 6) is -1.41. The number of ether oxygens (including phenoxy) is 2. The minimum atomic E-state index is -1.05. The lowest BCUT2D eigenvalue weighted by Crippen LogP contribution is -2.26. The fraction of sp³-hybridized carbons (Fsp3) is 0.235. The maximum absolute atomic E-state index is 13.1. The van der Waals surface area contributed by atoms with Crippen LogP contribution in [0.4, 0.5) is 8.78 Å². The molecule has 24 heavy (non-hydrogen) atoms. The molecule has 0 aliphatic carbocycles. The standard InChI is InChI=1S/C17H14ClF2NO3/c18-12-7-10(8-15-16(12)24-6-5-23-15)3-4-21-17(22)11-1-2-13(19)14(20)9-11/h1-2,7-9H,3-6H2,(H,21,22). The van der Waals surface area contributed by atoms with Crippen LogP contribution in [0.3, 0.4) is 0 Å². The highest BCUT2D eigenvalue weighted by Crippen LogP contribution is 2.38. The molecule has 1 N–H and O–H groups in total. The van der Waals surface area contributed by atoms with Gasteiger partial charge in [-0.15, -0.1) is 0 Å². The number of hydrogen-bond donors (Lipinski definition) is 1. The fourth-order valence-corrected chi connectivity index (χ4v) is 2.66. The highest BCUT2D eigenvalue weighted by molar-refractivity contribution is 6.32. The highest BCUT2D eigenvalue weighted by atomic mass is 35.5. The van der Waals surface area contributed by atoms with E-state index in [1.54, 1.807) is 6.07 Å². The molecule has 1 amide bonds. The summed E-state index contributed by atoms with van der Waals surface area (Å²) in [6.07, 6.45) is 0.506. The zero-order valence-electron chi connectivity index (χ0n) is 12.6. The third-order valence-corrected chi connectivity index (χ3v) is 3.82. The van der Waals surface area contributed by atoms with Gasteiger partial charge in [-0.2, -0.15) is 0 Å². The molecule has 1 aliphatic heterocycles. The van der Waals surface area contributed by atoms with Gasteiger partial charge in [0.2, 0.25) is 0 Å². The van der Waals surface area contributed by atoms with Crippen LogP contribution in [0.2, 0.25) is 5.02 Å². The molecule has 0 radical (unpaired) electrons. The topological polar surface area (TPSA) is 47.6 Å². The summed E-state index contributed by atoms with van der Waals surface area (Å²) in [6.45, 7) is 1.23. The Kier molecular flexibility index (Phi) is 4.85. The van der Waals surface area contributed by atoms with E-state index in [-0.39, 0.29) is 5.56 Å². The van der Waals surface area contributed by atoms with Crippen molar-refractivity contribution in [2.75, 3.05) is 19.8 Å². The third-order valence-electron chi connectivity index (χ3n) is 3.54. The van der Waals surface area contributed by atoms with Crippen molar-refractivity contribution in [1.82, 2.24) is 5.32 Å². The summed E-state index contributed by atoms with van der Waals surface area (Å²) < 4.78 is 36.9. The second-order valence-electron chi connectivity index (χ2n) is 5.24. The van der Waals surface area contributed by atoms with E-state index in [2.05, 4.69) is 5.32 Å². The van der Waals surface area contributed by atoms with Crippen molar-refractivity contribution in [2.45, 2.75) is 6.42 Å². The number of hydrogen-bond acceptors (Lipinski definition) is 3. The molecule has 1 aliphatic rings. The molecule has 0 atom stereocenters. The van der Waals surface area contributed by atoms with E-state index in [1.165, 1.54) is 6.07 Å². The zero-order chi connectivity index (χ0) is 17.1. The molecule has 0 saturated heterocycles. The lowest BCUT2D eigenvalue weighted by atomic mass is 10.1. The molecule has 0 aromatic heterocycles. The van der Waals surface area contributed by atoms with Crippen molar-refractivity contribution in [3.63, 3.8) is 0 Å². The highest BCUT2D eigenvalue weighted by Gasteiger charge is 2.16. The van der Waals surface area contributed by atoms with Crippen LogP contribution in [0.25, 0.3) is 0 Å². The Morgan fingerprint density at radius 1 is 1.12 bits per heavy atom. The first-order valence-electron chi connectivity index (χ1n) is 7.36. The van der Waals surface area contributed by atoms with Crippen LogP contribution in [0.15, 0.2) is 30.3 Å². The Hall–Kier alpha value is -2.34. The monoisotopic (exact) mass is 353 g/mol. The van der Waals surface area contributed by atoms with Gasteiger partial charge < -0.3 is 14.8 Å². The molecular formula is C17H14ClF2NO3. The molecule has 0 bridgehead atoms. The average molecular weight is 354 g/mol. The van der Waals surface area contributed by atoms with Gasteiger partial charge in [0, 0.05) is 12.1 Å². The van der Waals surface area contributed by atoms with Crippen LogP contribution < -0.4 is 14.8 Å². The smallest absolute Gasteiger partial charge is 0.251 e. The summed E-state index contributed by atoms with van der Waals surface area (Å²) >= 11 is 6.15. The van der Waals surface area contributed by atoms with Gasteiger partial charge >= 0.3 is 0 Å². The SMILES string of the molecule is O=C(NCCc1cc(Cl)c2c(c1)OCCO2)c1ccc(F)c(F)c1. The first kappa shape index (κ1) is 16.5. The first-order chi connectivity index (χ1) is 11.5. The zero-order valence-corrected chi connectivity index (χ0v) is 13.3. The van der Waals surface area contributed by atoms with Crippen molar-refractivity contribution < 1.29 is 23.0 Å². The van der Waals surface area contributed by atoms with Crippen LogP contribution in [0.1, 0.15) is 15.9 Å². The van der Waals surface area contributed by atoms with Crippen molar-refractivity contribution in [2.24, 2.45) is 0 Å². The number of halogens is 3. The van der Waals surface area contributed by atoms with Crippen molar-refractivity contribution in [1.29, 1.82) is 0 Å². The number of carbonyl (C=O) groups is 1. The molecule has 7 heteroatoms. The number of carbonyl (C=O) groups excluding carboxylic acids is 1. The van der Waals surface area contributed by atoms with Crippen molar-refractivity contribution in [3.05, 3.63) is 58.1 Å². The van der Waals surface area contributed by atoms with Gasteiger partial charge in [0.1, 0.15) is 13.2 Å². The second-order valence-corrected chi connectivity index (χ2v) is 5.64. The van der Waals surface area contributed by atoms with Crippen LogP contribution in [0.5, 0.6) is 11.5 Å². The van der Waals surface area contributed by atoms with Crippen LogP contribution in [-0.2, 0) is 6.42 Å². The van der Waals surface area contributed by atoms with Crippen molar-refractivity contribution >= 4 is 17.5 Å². The maximum atomic E-state index is 13.1. The van der Waals surface area contributed by atoms with E-state index in [0.717, 1.165) is 17.7 Å². The fourth-order valence-electron chi connectivity index (χ4n) is 2.37. The van der Waals surface area contributed by atoms with Gasteiger partial charge in [0.15, 0.2) is 23.1 Å². The number of amides is 1. The lowest BCUT2D eigenvalue weighted by molar-refractivity contribution is 0.0953. The Labute approximate surface area is 142 Å². The number of benzene rings is 2. The predicted molar refractivity (Wildman–Crippen MR) is 84.8 cm³/mol. The van der Waals surface area contributed by atoms with E-state index in [4.69, 9.17) is 21.1 Å². The molecule has 2 aromatic rings. The van der Waals surface area contributed by atoms with E-state index >= 15 is 0 Å². The summed E-state index contributed by atoms with van der Waals surface area (Å²) in [6, 6.07) is 6.58. The number of nitrogens with one attached hydrogen (secondary N) is 1. The molecule has 2 aromatic carbocycles. The van der Waals surface area contributed by atoms with Crippen LogP contribution >= 0.6 is 11.6 Å². The maximum Gasteiger partial charge on any atom is 0.251 e. The molecule has 1 heterocycles. The lowest BCUT2D eigenvalue weighted by Gasteiger charge is -2.20. The van der Waals surface area contributed by atoms with Crippen LogP contribution in [-0.4, -0.2) is 25.7 Å². The largest absolute Gasteiger partial charge is 0.486 e. The molecular weight excluding hydrogens is 340 g/mol. The molecule has 126 valence electrons.